The van der Waals surface area contributed by atoms with Crippen molar-refractivity contribution in [2.45, 2.75) is 33.4 Å². The number of esters is 1. The zero-order chi connectivity index (χ0) is 33.1. The van der Waals surface area contributed by atoms with E-state index in [1.807, 2.05) is 31.2 Å². The molecule has 0 bridgehead atoms. The van der Waals surface area contributed by atoms with Crippen molar-refractivity contribution < 1.29 is 23.7 Å². The average molecular weight is 811 g/mol. The first-order valence-electron chi connectivity index (χ1n) is 14.1. The van der Waals surface area contributed by atoms with Crippen molar-refractivity contribution in [1.82, 2.24) is 4.57 Å². The summed E-state index contributed by atoms with van der Waals surface area (Å²) < 4.78 is 26.1. The van der Waals surface area contributed by atoms with Crippen LogP contribution in [0.1, 0.15) is 43.5 Å². The van der Waals surface area contributed by atoms with Gasteiger partial charge in [0.15, 0.2) is 16.3 Å². The fourth-order valence-corrected chi connectivity index (χ4v) is 7.94. The SMILES string of the molecule is CCOC(=O)C1=C(C)N=c2s/c(=C\c3cc(Br)c(OCc4ccc(Cl)cc4Cl)c(Br)c3)c(=O)n2[C@@H]1c1ccc(OC)c(OCC)c1. The first kappa shape index (κ1) is 34.3. The van der Waals surface area contributed by atoms with Gasteiger partial charge in [0.1, 0.15) is 12.4 Å². The van der Waals surface area contributed by atoms with Gasteiger partial charge in [-0.2, -0.15) is 0 Å². The number of rotatable bonds is 10. The van der Waals surface area contributed by atoms with Gasteiger partial charge in [0.05, 0.1) is 51.1 Å². The number of ether oxygens (including phenoxy) is 4. The number of halogens is 4. The number of carbonyl (C=O) groups is 1. The summed E-state index contributed by atoms with van der Waals surface area (Å²) >= 11 is 20.8. The van der Waals surface area contributed by atoms with Crippen LogP contribution in [0, 0.1) is 0 Å². The highest BCUT2D eigenvalue weighted by atomic mass is 79.9. The van der Waals surface area contributed by atoms with Crippen LogP contribution in [0.5, 0.6) is 17.2 Å². The Morgan fingerprint density at radius 1 is 1.02 bits per heavy atom. The molecule has 0 amide bonds. The Morgan fingerprint density at radius 2 is 1.76 bits per heavy atom. The van der Waals surface area contributed by atoms with Gasteiger partial charge in [-0.3, -0.25) is 9.36 Å². The lowest BCUT2D eigenvalue weighted by Gasteiger charge is -2.25. The third-order valence-electron chi connectivity index (χ3n) is 7.03. The maximum atomic E-state index is 14.1. The first-order valence-corrected chi connectivity index (χ1v) is 17.3. The lowest BCUT2D eigenvalue weighted by Crippen LogP contribution is -2.40. The third kappa shape index (κ3) is 7.08. The maximum Gasteiger partial charge on any atom is 0.338 e. The summed E-state index contributed by atoms with van der Waals surface area (Å²) in [6.07, 6.45) is 1.78. The number of benzene rings is 3. The fraction of sp³-hybridized carbons (Fsp3) is 0.242. The Morgan fingerprint density at radius 3 is 2.41 bits per heavy atom. The normalized spacial score (nSPS) is 14.5. The molecule has 5 rings (SSSR count). The van der Waals surface area contributed by atoms with E-state index in [-0.39, 0.29) is 24.3 Å². The standard InChI is InChI=1S/C33H28Br2Cl2N2O6S/c1-5-43-26-14-19(8-10-25(26)42-4)29-28(32(41)44-6-2)17(3)38-33-39(29)31(40)27(46-33)13-18-11-22(34)30(23(35)12-18)45-16-20-7-9-21(36)15-24(20)37/h7-15,29H,5-6,16H2,1-4H3/b27-13-/t29-/m1/s1. The predicted octanol–water partition coefficient (Wildman–Crippen LogP) is 7.62. The van der Waals surface area contributed by atoms with Crippen LogP contribution in [-0.4, -0.2) is 30.9 Å². The molecule has 46 heavy (non-hydrogen) atoms. The quantitative estimate of drug-likeness (QED) is 0.153. The molecule has 0 spiro atoms. The highest BCUT2D eigenvalue weighted by Gasteiger charge is 2.34. The van der Waals surface area contributed by atoms with Gasteiger partial charge in [-0.05, 0) is 106 Å². The summed E-state index contributed by atoms with van der Waals surface area (Å²) in [5.74, 6) is 1.07. The van der Waals surface area contributed by atoms with Crippen molar-refractivity contribution in [3.05, 3.63) is 115 Å². The summed E-state index contributed by atoms with van der Waals surface area (Å²) in [6, 6.07) is 13.5. The van der Waals surface area contributed by atoms with Crippen LogP contribution in [0.2, 0.25) is 10.0 Å². The molecular formula is C33H28Br2Cl2N2O6S. The minimum absolute atomic E-state index is 0.176. The van der Waals surface area contributed by atoms with E-state index in [2.05, 4.69) is 36.9 Å². The zero-order valence-electron chi connectivity index (χ0n) is 25.2. The summed E-state index contributed by atoms with van der Waals surface area (Å²) in [4.78, 5) is 32.5. The molecular weight excluding hydrogens is 783 g/mol. The predicted molar refractivity (Wildman–Crippen MR) is 187 cm³/mol. The molecule has 8 nitrogen and oxygen atoms in total. The summed E-state index contributed by atoms with van der Waals surface area (Å²) in [7, 11) is 1.55. The minimum Gasteiger partial charge on any atom is -0.493 e. The van der Waals surface area contributed by atoms with E-state index in [9.17, 15) is 9.59 Å². The average Bonchev–Trinajstić information content (AvgIpc) is 3.30. The van der Waals surface area contributed by atoms with Crippen LogP contribution in [0.3, 0.4) is 0 Å². The monoisotopic (exact) mass is 808 g/mol. The van der Waals surface area contributed by atoms with Gasteiger partial charge >= 0.3 is 5.97 Å². The van der Waals surface area contributed by atoms with Crippen LogP contribution in [-0.2, 0) is 16.1 Å². The molecule has 0 unspecified atom stereocenters. The fourth-order valence-electron chi connectivity index (χ4n) is 4.98. The van der Waals surface area contributed by atoms with Crippen LogP contribution in [0.4, 0.5) is 0 Å². The van der Waals surface area contributed by atoms with Gasteiger partial charge in [0.25, 0.3) is 5.56 Å². The summed E-state index contributed by atoms with van der Waals surface area (Å²) in [5.41, 5.74) is 2.62. The summed E-state index contributed by atoms with van der Waals surface area (Å²) in [6.45, 7) is 6.16. The number of nitrogens with zero attached hydrogens (tertiary/aromatic N) is 2. The zero-order valence-corrected chi connectivity index (χ0v) is 30.7. The molecule has 13 heteroatoms. The Labute approximate surface area is 296 Å². The molecule has 1 atom stereocenters. The van der Waals surface area contributed by atoms with Crippen molar-refractivity contribution in [3.8, 4) is 17.2 Å². The molecule has 1 aliphatic rings. The van der Waals surface area contributed by atoms with Crippen molar-refractivity contribution in [1.29, 1.82) is 0 Å². The second-order valence-electron chi connectivity index (χ2n) is 9.98. The molecule has 0 saturated carbocycles. The van der Waals surface area contributed by atoms with Crippen molar-refractivity contribution in [2.75, 3.05) is 20.3 Å². The van der Waals surface area contributed by atoms with E-state index < -0.39 is 12.0 Å². The van der Waals surface area contributed by atoms with Gasteiger partial charge in [-0.1, -0.05) is 46.7 Å². The molecule has 4 aromatic rings. The van der Waals surface area contributed by atoms with E-state index >= 15 is 0 Å². The van der Waals surface area contributed by atoms with Crippen LogP contribution in [0.15, 0.2) is 78.5 Å². The van der Waals surface area contributed by atoms with Gasteiger partial charge in [-0.15, -0.1) is 0 Å². The number of allylic oxidation sites excluding steroid dienone is 1. The van der Waals surface area contributed by atoms with Gasteiger partial charge in [0, 0.05) is 15.6 Å². The van der Waals surface area contributed by atoms with E-state index in [4.69, 9.17) is 42.1 Å². The van der Waals surface area contributed by atoms with Gasteiger partial charge in [-0.25, -0.2) is 9.79 Å². The molecule has 3 aromatic carbocycles. The van der Waals surface area contributed by atoms with Crippen molar-refractivity contribution in [3.63, 3.8) is 0 Å². The Balaban J connectivity index is 1.57. The largest absolute Gasteiger partial charge is 0.493 e. The lowest BCUT2D eigenvalue weighted by molar-refractivity contribution is -0.139. The first-order chi connectivity index (χ1) is 22.1. The Kier molecular flexibility index (Phi) is 11.0. The van der Waals surface area contributed by atoms with E-state index in [1.54, 1.807) is 51.3 Å². The molecule has 240 valence electrons. The number of methoxy groups -OCH3 is 1. The number of thiazole rings is 1. The van der Waals surface area contributed by atoms with Crippen molar-refractivity contribution in [2.24, 2.45) is 4.99 Å². The highest BCUT2D eigenvalue weighted by molar-refractivity contribution is 9.11. The molecule has 2 heterocycles. The van der Waals surface area contributed by atoms with Crippen LogP contribution in [0.25, 0.3) is 6.08 Å². The maximum absolute atomic E-state index is 14.1. The number of carbonyl (C=O) groups excluding carboxylic acids is 1. The topological polar surface area (TPSA) is 88.4 Å². The lowest BCUT2D eigenvalue weighted by atomic mass is 9.95. The number of aromatic nitrogens is 1. The number of hydrogen-bond acceptors (Lipinski definition) is 8. The number of hydrogen-bond donors (Lipinski definition) is 0. The third-order valence-corrected chi connectivity index (χ3v) is 9.77. The Bertz CT molecular complexity index is 2020. The Hall–Kier alpha value is -3.09. The second kappa shape index (κ2) is 14.8. The second-order valence-corrected chi connectivity index (χ2v) is 13.5. The van der Waals surface area contributed by atoms with Gasteiger partial charge < -0.3 is 18.9 Å². The van der Waals surface area contributed by atoms with E-state index in [0.29, 0.717) is 63.4 Å². The molecule has 1 aromatic heterocycles. The molecule has 0 fully saturated rings. The molecule has 0 N–H and O–H groups in total. The van der Waals surface area contributed by atoms with E-state index in [1.165, 1.54) is 15.9 Å². The molecule has 1 aliphatic heterocycles. The molecule has 0 radical (unpaired) electrons. The smallest absolute Gasteiger partial charge is 0.338 e. The van der Waals surface area contributed by atoms with Crippen molar-refractivity contribution >= 4 is 78.4 Å². The number of fused-ring (bicyclic) bond motifs is 1. The molecule has 0 aliphatic carbocycles. The summed E-state index contributed by atoms with van der Waals surface area (Å²) in [5, 5.41) is 1.05. The van der Waals surface area contributed by atoms with Gasteiger partial charge in [0.2, 0.25) is 0 Å². The van der Waals surface area contributed by atoms with E-state index in [0.717, 1.165) is 11.1 Å². The highest BCUT2D eigenvalue weighted by Crippen LogP contribution is 2.38. The molecule has 0 saturated heterocycles. The minimum atomic E-state index is -0.795. The van der Waals surface area contributed by atoms with Crippen LogP contribution >= 0.6 is 66.4 Å². The van der Waals surface area contributed by atoms with Crippen LogP contribution < -0.4 is 29.1 Å².